The zero-order valence-electron chi connectivity index (χ0n) is 43.9. The maximum atomic E-state index is 13.1. The van der Waals surface area contributed by atoms with Gasteiger partial charge < -0.3 is 9.47 Å². The van der Waals surface area contributed by atoms with Crippen molar-refractivity contribution in [2.45, 2.75) is 289 Å². The number of thioether (sulfide) groups is 1. The van der Waals surface area contributed by atoms with Gasteiger partial charge in [-0.15, -0.1) is 11.8 Å². The molecule has 3 nitrogen and oxygen atoms in total. The van der Waals surface area contributed by atoms with Gasteiger partial charge in [0.15, 0.2) is 5.78 Å². The van der Waals surface area contributed by atoms with Crippen LogP contribution < -0.4 is 9.47 Å². The van der Waals surface area contributed by atoms with Crippen molar-refractivity contribution < 1.29 is 14.3 Å². The third-order valence-corrected chi connectivity index (χ3v) is 14.7. The molecule has 0 atom stereocenters. The number of unbranched alkanes of at least 4 members (excludes halogenated alkanes) is 38. The summed E-state index contributed by atoms with van der Waals surface area (Å²) in [6, 6.07) is 14.2. The molecule has 2 aromatic carbocycles. The first-order chi connectivity index (χ1) is 32.7. The Balaban J connectivity index is 1.61. The van der Waals surface area contributed by atoms with E-state index in [1.54, 1.807) is 6.08 Å². The van der Waals surface area contributed by atoms with E-state index in [9.17, 15) is 4.79 Å². The second kappa shape index (κ2) is 46.5. The zero-order chi connectivity index (χ0) is 47.1. The van der Waals surface area contributed by atoms with Crippen molar-refractivity contribution in [3.8, 4) is 11.5 Å². The van der Waals surface area contributed by atoms with E-state index in [2.05, 4.69) is 45.0 Å². The molecule has 0 saturated heterocycles. The normalized spacial score (nSPS) is 11.6. The standard InChI is InChI=1S/C62H106O3S/c1-4-7-9-11-13-15-17-19-21-23-25-27-29-31-33-35-37-39-41-43-51-64-59-54-57(45-50-62(63)58-46-48-61(49-47-58)66-53-6-3)55-60(56-59)65-52-44-42-40-38-36-34-32-30-28-26-24-22-20-18-16-14-12-10-8-5-2/h45-50,54-56H,4-44,51-53H2,1-3H3/b50-45+. The molecule has 0 unspecified atom stereocenters. The molecule has 0 aromatic heterocycles. The average molecular weight is 932 g/mol. The SMILES string of the molecule is CCCCCCCCCCCCCCCCCCCCCCOc1cc(/C=C/C(=O)c2ccc(SCCC)cc2)cc(OCCCCCCCCCCCCCCCCCCCCCC)c1. The van der Waals surface area contributed by atoms with Gasteiger partial charge in [0.1, 0.15) is 11.5 Å². The summed E-state index contributed by atoms with van der Waals surface area (Å²) in [6.07, 6.45) is 60.3. The number of hydrogen-bond donors (Lipinski definition) is 0. The van der Waals surface area contributed by atoms with E-state index in [0.29, 0.717) is 13.2 Å². The monoisotopic (exact) mass is 931 g/mol. The van der Waals surface area contributed by atoms with E-state index in [4.69, 9.17) is 9.47 Å². The van der Waals surface area contributed by atoms with Gasteiger partial charge in [-0.1, -0.05) is 271 Å². The van der Waals surface area contributed by atoms with Gasteiger partial charge >= 0.3 is 0 Å². The number of ketones is 1. The van der Waals surface area contributed by atoms with Gasteiger partial charge in [0.05, 0.1) is 13.2 Å². The fourth-order valence-corrected chi connectivity index (χ4v) is 9.92. The fraction of sp³-hybridized carbons (Fsp3) is 0.758. The fourth-order valence-electron chi connectivity index (χ4n) is 9.15. The molecule has 0 bridgehead atoms. The summed E-state index contributed by atoms with van der Waals surface area (Å²) < 4.78 is 12.6. The molecule has 0 aliphatic rings. The van der Waals surface area contributed by atoms with Crippen molar-refractivity contribution in [1.82, 2.24) is 0 Å². The Hall–Kier alpha value is -2.20. The summed E-state index contributed by atoms with van der Waals surface area (Å²) in [4.78, 5) is 14.3. The van der Waals surface area contributed by atoms with Crippen LogP contribution in [0.15, 0.2) is 53.4 Å². The lowest BCUT2D eigenvalue weighted by molar-refractivity contribution is 0.104. The Kier molecular flexibility index (Phi) is 42.2. The Morgan fingerprint density at radius 3 is 1.00 bits per heavy atom. The van der Waals surface area contributed by atoms with Crippen LogP contribution >= 0.6 is 11.8 Å². The Morgan fingerprint density at radius 2 is 0.697 bits per heavy atom. The number of hydrogen-bond acceptors (Lipinski definition) is 4. The molecule has 0 saturated carbocycles. The third-order valence-electron chi connectivity index (χ3n) is 13.5. The van der Waals surface area contributed by atoms with Gasteiger partial charge in [-0.3, -0.25) is 4.79 Å². The summed E-state index contributed by atoms with van der Waals surface area (Å²) in [5.74, 6) is 2.77. The molecular formula is C62H106O3S. The molecule has 0 amide bonds. The molecular weight excluding hydrogens is 825 g/mol. The number of ether oxygens (including phenoxy) is 2. The van der Waals surface area contributed by atoms with E-state index in [1.165, 1.54) is 249 Å². The Morgan fingerprint density at radius 1 is 0.394 bits per heavy atom. The van der Waals surface area contributed by atoms with Crippen molar-refractivity contribution in [1.29, 1.82) is 0 Å². The Labute approximate surface area is 415 Å². The molecule has 2 rings (SSSR count). The minimum Gasteiger partial charge on any atom is -0.493 e. The van der Waals surface area contributed by atoms with Crippen LogP contribution in [0, 0.1) is 0 Å². The summed E-state index contributed by atoms with van der Waals surface area (Å²) in [7, 11) is 0. The third kappa shape index (κ3) is 36.8. The van der Waals surface area contributed by atoms with Crippen molar-refractivity contribution >= 4 is 23.6 Å². The lowest BCUT2D eigenvalue weighted by Gasteiger charge is -2.12. The van der Waals surface area contributed by atoms with Gasteiger partial charge in [0.25, 0.3) is 0 Å². The van der Waals surface area contributed by atoms with Gasteiger partial charge in [-0.25, -0.2) is 0 Å². The highest BCUT2D eigenvalue weighted by Crippen LogP contribution is 2.26. The minimum absolute atomic E-state index is 0.0181. The van der Waals surface area contributed by atoms with Crippen molar-refractivity contribution in [3.05, 3.63) is 59.7 Å². The molecule has 4 heteroatoms. The topological polar surface area (TPSA) is 35.5 Å². The van der Waals surface area contributed by atoms with Crippen molar-refractivity contribution in [3.63, 3.8) is 0 Å². The molecule has 66 heavy (non-hydrogen) atoms. The average Bonchev–Trinajstić information content (AvgIpc) is 3.33. The maximum Gasteiger partial charge on any atom is 0.185 e. The highest BCUT2D eigenvalue weighted by molar-refractivity contribution is 7.99. The number of carbonyl (C=O) groups is 1. The first-order valence-corrected chi connectivity index (χ1v) is 30.0. The number of rotatable bonds is 50. The summed E-state index contributed by atoms with van der Waals surface area (Å²) >= 11 is 1.84. The molecule has 0 heterocycles. The Bertz CT molecular complexity index is 1300. The van der Waals surface area contributed by atoms with E-state index < -0.39 is 0 Å². The number of carbonyl (C=O) groups excluding carboxylic acids is 1. The molecule has 0 fully saturated rings. The van der Waals surface area contributed by atoms with Crippen LogP contribution in [-0.2, 0) is 0 Å². The van der Waals surface area contributed by atoms with Crippen LogP contribution in [0.5, 0.6) is 11.5 Å². The van der Waals surface area contributed by atoms with Crippen LogP contribution in [-0.4, -0.2) is 24.7 Å². The molecule has 0 aliphatic heterocycles. The van der Waals surface area contributed by atoms with E-state index >= 15 is 0 Å². The largest absolute Gasteiger partial charge is 0.493 e. The smallest absolute Gasteiger partial charge is 0.185 e. The van der Waals surface area contributed by atoms with Crippen LogP contribution in [0.2, 0.25) is 0 Å². The second-order valence-corrected chi connectivity index (χ2v) is 21.1. The van der Waals surface area contributed by atoms with Crippen LogP contribution in [0.25, 0.3) is 6.08 Å². The summed E-state index contributed by atoms with van der Waals surface area (Å²) in [5.41, 5.74) is 1.66. The first-order valence-electron chi connectivity index (χ1n) is 29.0. The van der Waals surface area contributed by atoms with Crippen LogP contribution in [0.4, 0.5) is 0 Å². The predicted octanol–water partition coefficient (Wildman–Crippen LogP) is 21.5. The van der Waals surface area contributed by atoms with E-state index in [0.717, 1.165) is 47.6 Å². The lowest BCUT2D eigenvalue weighted by Crippen LogP contribution is -2.01. The molecule has 0 radical (unpaired) electrons. The summed E-state index contributed by atoms with van der Waals surface area (Å²) in [6.45, 7) is 8.22. The van der Waals surface area contributed by atoms with Crippen molar-refractivity contribution in [2.75, 3.05) is 19.0 Å². The van der Waals surface area contributed by atoms with Crippen LogP contribution in [0.3, 0.4) is 0 Å². The highest BCUT2D eigenvalue weighted by atomic mass is 32.2. The lowest BCUT2D eigenvalue weighted by atomic mass is 10.0. The van der Waals surface area contributed by atoms with Gasteiger partial charge in [-0.2, -0.15) is 0 Å². The van der Waals surface area contributed by atoms with E-state index in [-0.39, 0.29) is 5.78 Å². The molecule has 0 aliphatic carbocycles. The van der Waals surface area contributed by atoms with Gasteiger partial charge in [0, 0.05) is 16.5 Å². The van der Waals surface area contributed by atoms with Crippen LogP contribution in [0.1, 0.15) is 300 Å². The second-order valence-electron chi connectivity index (χ2n) is 19.9. The maximum absolute atomic E-state index is 13.1. The first kappa shape index (κ1) is 59.9. The molecule has 0 N–H and O–H groups in total. The summed E-state index contributed by atoms with van der Waals surface area (Å²) in [5, 5.41) is 0. The van der Waals surface area contributed by atoms with E-state index in [1.807, 2.05) is 36.0 Å². The molecule has 378 valence electrons. The predicted molar refractivity (Wildman–Crippen MR) is 294 cm³/mol. The van der Waals surface area contributed by atoms with Crippen molar-refractivity contribution in [2.24, 2.45) is 0 Å². The number of benzene rings is 2. The van der Waals surface area contributed by atoms with Gasteiger partial charge in [0.2, 0.25) is 0 Å². The quantitative estimate of drug-likeness (QED) is 0.0287. The molecule has 2 aromatic rings. The minimum atomic E-state index is 0.0181. The van der Waals surface area contributed by atoms with Gasteiger partial charge in [-0.05, 0) is 73.1 Å². The number of allylic oxidation sites excluding steroid dienone is 1. The zero-order valence-corrected chi connectivity index (χ0v) is 44.8. The molecule has 0 spiro atoms. The highest BCUT2D eigenvalue weighted by Gasteiger charge is 2.07.